The van der Waals surface area contributed by atoms with Gasteiger partial charge in [-0.15, -0.1) is 13.2 Å². The zero-order valence-corrected chi connectivity index (χ0v) is 21.1. The SMILES string of the molecule is O=[N+]([O-])C(Cc1ccc(OC(F)(F)F)cc1)CC1CCN(c2ccc(OC[C@H]3Cn4ccnc4O3)cc2)CC1. The van der Waals surface area contributed by atoms with E-state index in [2.05, 4.69) is 14.6 Å². The monoisotopic (exact) mass is 546 g/mol. The first kappa shape index (κ1) is 26.6. The third-order valence-electron chi connectivity index (χ3n) is 7.13. The summed E-state index contributed by atoms with van der Waals surface area (Å²) in [5, 5.41) is 11.7. The van der Waals surface area contributed by atoms with Crippen LogP contribution < -0.4 is 19.1 Å². The van der Waals surface area contributed by atoms with Gasteiger partial charge in [0.1, 0.15) is 18.1 Å². The van der Waals surface area contributed by atoms with Gasteiger partial charge in [-0.2, -0.15) is 0 Å². The number of anilines is 1. The van der Waals surface area contributed by atoms with Crippen molar-refractivity contribution in [1.29, 1.82) is 0 Å². The number of imidazole rings is 1. The molecule has 1 unspecified atom stereocenters. The standard InChI is InChI=1S/C27H29F3N4O5/c28-27(29,30)39-24-5-1-19(2-6-24)15-22(34(35)36)16-20-9-12-32(13-10-20)21-3-7-23(8-4-21)37-18-25-17-33-14-11-31-26(33)38-25/h1-8,11,14,20,22,25H,9-10,12-13,15-18H2/t22?,25-/m1/s1. The van der Waals surface area contributed by atoms with Crippen molar-refractivity contribution in [2.75, 3.05) is 24.6 Å². The van der Waals surface area contributed by atoms with Crippen LogP contribution in [0, 0.1) is 16.0 Å². The maximum atomic E-state index is 12.4. The molecule has 0 radical (unpaired) electrons. The predicted molar refractivity (Wildman–Crippen MR) is 136 cm³/mol. The maximum Gasteiger partial charge on any atom is 0.573 e. The molecule has 0 aliphatic carbocycles. The molecule has 0 N–H and O–H groups in total. The average molecular weight is 547 g/mol. The third kappa shape index (κ3) is 7.12. The number of benzene rings is 2. The first-order valence-electron chi connectivity index (χ1n) is 12.9. The second-order valence-corrected chi connectivity index (χ2v) is 9.91. The van der Waals surface area contributed by atoms with Crippen molar-refractivity contribution in [2.24, 2.45) is 5.92 Å². The van der Waals surface area contributed by atoms with Gasteiger partial charge in [-0.3, -0.25) is 14.7 Å². The number of ether oxygens (including phenoxy) is 3. The van der Waals surface area contributed by atoms with E-state index in [-0.39, 0.29) is 29.1 Å². The van der Waals surface area contributed by atoms with Crippen molar-refractivity contribution < 1.29 is 32.3 Å². The minimum atomic E-state index is -4.77. The van der Waals surface area contributed by atoms with Gasteiger partial charge in [-0.05, 0) is 60.7 Å². The summed E-state index contributed by atoms with van der Waals surface area (Å²) in [6.07, 6.45) is 0.989. The topological polar surface area (TPSA) is 91.9 Å². The quantitative estimate of drug-likeness (QED) is 0.258. The largest absolute Gasteiger partial charge is 0.573 e. The highest BCUT2D eigenvalue weighted by Crippen LogP contribution is 2.30. The molecule has 1 aromatic heterocycles. The molecule has 3 heterocycles. The molecular formula is C27H29F3N4O5. The molecule has 1 saturated heterocycles. The first-order valence-corrected chi connectivity index (χ1v) is 12.9. The molecule has 0 saturated carbocycles. The molecule has 2 atom stereocenters. The van der Waals surface area contributed by atoms with Gasteiger partial charge in [0.15, 0.2) is 6.10 Å². The molecule has 2 aliphatic heterocycles. The summed E-state index contributed by atoms with van der Waals surface area (Å²) in [7, 11) is 0. The smallest absolute Gasteiger partial charge is 0.490 e. The van der Waals surface area contributed by atoms with Crippen LogP contribution in [-0.2, 0) is 13.0 Å². The molecule has 39 heavy (non-hydrogen) atoms. The molecule has 208 valence electrons. The van der Waals surface area contributed by atoms with E-state index < -0.39 is 12.4 Å². The van der Waals surface area contributed by atoms with E-state index >= 15 is 0 Å². The number of nitrogens with zero attached hydrogens (tertiary/aromatic N) is 4. The third-order valence-corrected chi connectivity index (χ3v) is 7.13. The molecule has 12 heteroatoms. The molecular weight excluding hydrogens is 517 g/mol. The fourth-order valence-electron chi connectivity index (χ4n) is 5.14. The zero-order chi connectivity index (χ0) is 27.4. The number of hydrogen-bond donors (Lipinski definition) is 0. The minimum absolute atomic E-state index is 0.0711. The van der Waals surface area contributed by atoms with Gasteiger partial charge in [-0.25, -0.2) is 4.98 Å². The molecule has 0 bridgehead atoms. The average Bonchev–Trinajstić information content (AvgIpc) is 3.50. The number of alkyl halides is 3. The van der Waals surface area contributed by atoms with Crippen LogP contribution in [0.5, 0.6) is 17.5 Å². The Morgan fingerprint density at radius 3 is 2.41 bits per heavy atom. The van der Waals surface area contributed by atoms with Gasteiger partial charge < -0.3 is 19.1 Å². The molecule has 0 spiro atoms. The summed E-state index contributed by atoms with van der Waals surface area (Å²) in [4.78, 5) is 17.8. The van der Waals surface area contributed by atoms with Crippen LogP contribution in [0.4, 0.5) is 18.9 Å². The van der Waals surface area contributed by atoms with Gasteiger partial charge in [0.25, 0.3) is 6.01 Å². The lowest BCUT2D eigenvalue weighted by atomic mass is 9.88. The number of fused-ring (bicyclic) bond motifs is 1. The van der Waals surface area contributed by atoms with E-state index in [1.165, 1.54) is 24.3 Å². The molecule has 3 aromatic rings. The van der Waals surface area contributed by atoms with E-state index in [0.29, 0.717) is 31.1 Å². The van der Waals surface area contributed by atoms with Gasteiger partial charge in [0.2, 0.25) is 6.04 Å². The van der Waals surface area contributed by atoms with E-state index in [4.69, 9.17) is 9.47 Å². The van der Waals surface area contributed by atoms with Crippen LogP contribution in [0.2, 0.25) is 0 Å². The van der Waals surface area contributed by atoms with Crippen LogP contribution in [-0.4, -0.2) is 52.7 Å². The number of aromatic nitrogens is 2. The van der Waals surface area contributed by atoms with Crippen molar-refractivity contribution in [3.05, 3.63) is 76.6 Å². The highest BCUT2D eigenvalue weighted by atomic mass is 19.4. The number of nitro groups is 1. The summed E-state index contributed by atoms with van der Waals surface area (Å²) in [5.74, 6) is 0.619. The Morgan fingerprint density at radius 1 is 1.08 bits per heavy atom. The fourth-order valence-corrected chi connectivity index (χ4v) is 5.14. The Labute approximate surface area is 223 Å². The number of hydrogen-bond acceptors (Lipinski definition) is 7. The lowest BCUT2D eigenvalue weighted by Gasteiger charge is -2.34. The zero-order valence-electron chi connectivity index (χ0n) is 21.1. The minimum Gasteiger partial charge on any atom is -0.490 e. The lowest BCUT2D eigenvalue weighted by molar-refractivity contribution is -0.524. The van der Waals surface area contributed by atoms with Crippen LogP contribution in [0.1, 0.15) is 24.8 Å². The predicted octanol–water partition coefficient (Wildman–Crippen LogP) is 5.12. The molecule has 9 nitrogen and oxygen atoms in total. The molecule has 5 rings (SSSR count). The van der Waals surface area contributed by atoms with Crippen molar-refractivity contribution in [2.45, 2.75) is 50.7 Å². The summed E-state index contributed by atoms with van der Waals surface area (Å²) in [6.45, 7) is 2.72. The van der Waals surface area contributed by atoms with Crippen molar-refractivity contribution in [3.8, 4) is 17.5 Å². The lowest BCUT2D eigenvalue weighted by Crippen LogP contribution is -2.36. The van der Waals surface area contributed by atoms with Crippen LogP contribution in [0.25, 0.3) is 0 Å². The first-order chi connectivity index (χ1) is 18.7. The van der Waals surface area contributed by atoms with E-state index in [9.17, 15) is 23.3 Å². The van der Waals surface area contributed by atoms with Crippen molar-refractivity contribution in [3.63, 3.8) is 0 Å². The maximum absolute atomic E-state index is 12.4. The Balaban J connectivity index is 1.07. The fraction of sp³-hybridized carbons (Fsp3) is 0.444. The molecule has 2 aromatic carbocycles. The van der Waals surface area contributed by atoms with Gasteiger partial charge in [-0.1, -0.05) is 12.1 Å². The second-order valence-electron chi connectivity index (χ2n) is 9.91. The van der Waals surface area contributed by atoms with E-state index in [1.54, 1.807) is 6.20 Å². The van der Waals surface area contributed by atoms with Gasteiger partial charge in [0, 0.05) is 48.9 Å². The Morgan fingerprint density at radius 2 is 1.77 bits per heavy atom. The summed E-state index contributed by atoms with van der Waals surface area (Å²) >= 11 is 0. The second kappa shape index (κ2) is 11.4. The molecule has 1 fully saturated rings. The van der Waals surface area contributed by atoms with Crippen molar-refractivity contribution in [1.82, 2.24) is 9.55 Å². The number of piperidine rings is 1. The number of rotatable bonds is 10. The normalized spacial score (nSPS) is 18.3. The van der Waals surface area contributed by atoms with Gasteiger partial charge >= 0.3 is 6.36 Å². The summed E-state index contributed by atoms with van der Waals surface area (Å²) < 4.78 is 54.5. The summed E-state index contributed by atoms with van der Waals surface area (Å²) in [6, 6.07) is 13.0. The highest BCUT2D eigenvalue weighted by molar-refractivity contribution is 5.49. The Kier molecular flexibility index (Phi) is 7.80. The Hall–Kier alpha value is -3.96. The van der Waals surface area contributed by atoms with Crippen LogP contribution in [0.3, 0.4) is 0 Å². The highest BCUT2D eigenvalue weighted by Gasteiger charge is 2.32. The molecule has 2 aliphatic rings. The van der Waals surface area contributed by atoms with Crippen molar-refractivity contribution >= 4 is 5.69 Å². The van der Waals surface area contributed by atoms with E-state index in [0.717, 1.165) is 37.4 Å². The number of halogens is 3. The van der Waals surface area contributed by atoms with Crippen LogP contribution >= 0.6 is 0 Å². The Bertz CT molecular complexity index is 1220. The molecule has 0 amide bonds. The summed E-state index contributed by atoms with van der Waals surface area (Å²) in [5.41, 5.74) is 1.68. The van der Waals surface area contributed by atoms with E-state index in [1.807, 2.05) is 35.0 Å². The van der Waals surface area contributed by atoms with Crippen LogP contribution in [0.15, 0.2) is 60.9 Å². The van der Waals surface area contributed by atoms with Gasteiger partial charge in [0.05, 0.1) is 6.54 Å².